The molecular formula is C21H24N4O5S2. The third-order valence-corrected chi connectivity index (χ3v) is 5.93. The molecule has 0 amide bonds. The van der Waals surface area contributed by atoms with E-state index in [9.17, 15) is 19.8 Å². The lowest BCUT2D eigenvalue weighted by Gasteiger charge is -2.19. The maximum atomic E-state index is 12.9. The van der Waals surface area contributed by atoms with Crippen molar-refractivity contribution in [2.45, 2.75) is 36.0 Å². The fraction of sp³-hybridized carbons (Fsp3) is 0.333. The van der Waals surface area contributed by atoms with Crippen LogP contribution in [0.3, 0.4) is 0 Å². The number of aromatic amines is 2. The monoisotopic (exact) mass is 476 g/mol. The van der Waals surface area contributed by atoms with Crippen LogP contribution in [0, 0.1) is 0 Å². The fourth-order valence-corrected chi connectivity index (χ4v) is 3.93. The third kappa shape index (κ3) is 5.10. The molecule has 2 heterocycles. The number of hydrogen-bond acceptors (Lipinski definition) is 9. The maximum absolute atomic E-state index is 12.9. The summed E-state index contributed by atoms with van der Waals surface area (Å²) in [7, 11) is 0. The van der Waals surface area contributed by atoms with Crippen LogP contribution in [0.1, 0.15) is 42.4 Å². The van der Waals surface area contributed by atoms with Crippen LogP contribution in [0.25, 0.3) is 0 Å². The molecule has 0 aliphatic heterocycles. The lowest BCUT2D eigenvalue weighted by molar-refractivity contribution is 0.309. The molecule has 0 radical (unpaired) electrons. The van der Waals surface area contributed by atoms with Crippen molar-refractivity contribution >= 4 is 23.5 Å². The molecule has 0 aliphatic rings. The highest BCUT2D eigenvalue weighted by Gasteiger charge is 2.31. The zero-order valence-electron chi connectivity index (χ0n) is 17.8. The van der Waals surface area contributed by atoms with Gasteiger partial charge in [0, 0.05) is 0 Å². The van der Waals surface area contributed by atoms with E-state index in [1.807, 2.05) is 0 Å². The first-order chi connectivity index (χ1) is 15.4. The number of H-pyrrole nitrogens is 2. The van der Waals surface area contributed by atoms with E-state index in [0.717, 1.165) is 36.4 Å². The molecule has 0 atom stereocenters. The number of benzene rings is 1. The molecule has 32 heavy (non-hydrogen) atoms. The van der Waals surface area contributed by atoms with Crippen molar-refractivity contribution in [3.8, 4) is 17.5 Å². The van der Waals surface area contributed by atoms with Crippen LogP contribution in [0.4, 0.5) is 0 Å². The number of nitrogens with one attached hydrogen (secondary N) is 2. The number of nitrogens with zero attached hydrogens (tertiary/aromatic N) is 2. The van der Waals surface area contributed by atoms with Gasteiger partial charge in [0.2, 0.25) is 11.8 Å². The van der Waals surface area contributed by atoms with Crippen molar-refractivity contribution in [3.05, 3.63) is 61.7 Å². The van der Waals surface area contributed by atoms with Crippen molar-refractivity contribution in [3.63, 3.8) is 0 Å². The van der Waals surface area contributed by atoms with Gasteiger partial charge in [0.1, 0.15) is 5.75 Å². The van der Waals surface area contributed by atoms with Crippen LogP contribution in [0.2, 0.25) is 0 Å². The SMILES string of the molecule is CCCCOc1ccc(C(c2c(O)nc(SC)[nH]c2=O)c2c(O)nc(SC)[nH]c2=O)cc1. The number of thioether (sulfide) groups is 2. The van der Waals surface area contributed by atoms with Crippen molar-refractivity contribution < 1.29 is 14.9 Å². The van der Waals surface area contributed by atoms with Crippen molar-refractivity contribution in [1.82, 2.24) is 19.9 Å². The van der Waals surface area contributed by atoms with Gasteiger partial charge in [0.05, 0.1) is 23.7 Å². The van der Waals surface area contributed by atoms with E-state index in [2.05, 4.69) is 26.9 Å². The normalized spacial score (nSPS) is 11.1. The predicted octanol–water partition coefficient (Wildman–Crippen LogP) is 3.07. The highest BCUT2D eigenvalue weighted by Crippen LogP contribution is 2.36. The van der Waals surface area contributed by atoms with Gasteiger partial charge in [-0.3, -0.25) is 9.59 Å². The number of ether oxygens (including phenoxy) is 1. The van der Waals surface area contributed by atoms with Crippen molar-refractivity contribution in [2.24, 2.45) is 0 Å². The van der Waals surface area contributed by atoms with E-state index in [0.29, 0.717) is 17.9 Å². The molecule has 0 bridgehead atoms. The molecule has 0 saturated carbocycles. The largest absolute Gasteiger partial charge is 0.494 e. The zero-order chi connectivity index (χ0) is 23.3. The Hall–Kier alpha value is -2.92. The van der Waals surface area contributed by atoms with Crippen LogP contribution in [0.15, 0.2) is 44.2 Å². The highest BCUT2D eigenvalue weighted by atomic mass is 32.2. The second kappa shape index (κ2) is 10.6. The van der Waals surface area contributed by atoms with Crippen LogP contribution in [0.5, 0.6) is 17.5 Å². The smallest absolute Gasteiger partial charge is 0.259 e. The first-order valence-electron chi connectivity index (χ1n) is 9.86. The molecule has 3 rings (SSSR count). The Balaban J connectivity index is 2.18. The zero-order valence-corrected chi connectivity index (χ0v) is 19.5. The summed E-state index contributed by atoms with van der Waals surface area (Å²) in [5, 5.41) is 21.6. The van der Waals surface area contributed by atoms with E-state index >= 15 is 0 Å². The lowest BCUT2D eigenvalue weighted by atomic mass is 9.87. The molecule has 4 N–H and O–H groups in total. The average Bonchev–Trinajstić information content (AvgIpc) is 2.77. The van der Waals surface area contributed by atoms with Crippen LogP contribution >= 0.6 is 23.5 Å². The Bertz CT molecular complexity index is 1130. The number of aromatic nitrogens is 4. The summed E-state index contributed by atoms with van der Waals surface area (Å²) < 4.78 is 5.68. The minimum absolute atomic E-state index is 0.165. The first-order valence-corrected chi connectivity index (χ1v) is 12.3. The van der Waals surface area contributed by atoms with Gasteiger partial charge in [0.25, 0.3) is 11.1 Å². The maximum Gasteiger partial charge on any atom is 0.259 e. The van der Waals surface area contributed by atoms with Crippen molar-refractivity contribution in [2.75, 3.05) is 19.1 Å². The number of unbranched alkanes of at least 4 members (excludes halogenated alkanes) is 1. The summed E-state index contributed by atoms with van der Waals surface area (Å²) in [6.07, 6.45) is 5.32. The molecule has 0 saturated heterocycles. The summed E-state index contributed by atoms with van der Waals surface area (Å²) in [4.78, 5) is 38.9. The third-order valence-electron chi connectivity index (χ3n) is 4.77. The number of hydrogen-bond donors (Lipinski definition) is 4. The molecule has 0 spiro atoms. The van der Waals surface area contributed by atoms with Gasteiger partial charge in [-0.15, -0.1) is 0 Å². The Kier molecular flexibility index (Phi) is 7.86. The standard InChI is InChI=1S/C21H24N4O5S2/c1-4-5-10-30-12-8-6-11(7-9-12)13(14-16(26)22-20(31-2)23-17(14)27)15-18(28)24-21(32-3)25-19(15)29/h6-9,13H,4-5,10H2,1-3H3,(H2,22,23,26,27)(H2,24,25,28,29). The number of rotatable bonds is 9. The predicted molar refractivity (Wildman–Crippen MR) is 124 cm³/mol. The molecule has 1 aromatic carbocycles. The van der Waals surface area contributed by atoms with E-state index in [1.165, 1.54) is 0 Å². The molecule has 3 aromatic rings. The van der Waals surface area contributed by atoms with Crippen molar-refractivity contribution in [1.29, 1.82) is 0 Å². The molecule has 0 unspecified atom stereocenters. The first kappa shape index (κ1) is 23.7. The Morgan fingerprint density at radius 3 is 1.84 bits per heavy atom. The van der Waals surface area contributed by atoms with E-state index in [-0.39, 0.29) is 21.4 Å². The van der Waals surface area contributed by atoms with E-state index < -0.39 is 28.8 Å². The molecular weight excluding hydrogens is 452 g/mol. The summed E-state index contributed by atoms with van der Waals surface area (Å²) in [5.74, 6) is -1.54. The summed E-state index contributed by atoms with van der Waals surface area (Å²) in [5.41, 5.74) is -1.10. The van der Waals surface area contributed by atoms with Gasteiger partial charge in [0.15, 0.2) is 10.3 Å². The highest BCUT2D eigenvalue weighted by molar-refractivity contribution is 7.98. The molecule has 2 aromatic heterocycles. The fourth-order valence-electron chi connectivity index (χ4n) is 3.18. The topological polar surface area (TPSA) is 141 Å². The minimum Gasteiger partial charge on any atom is -0.494 e. The van der Waals surface area contributed by atoms with Gasteiger partial charge in [-0.25, -0.2) is 0 Å². The van der Waals surface area contributed by atoms with E-state index in [4.69, 9.17) is 4.74 Å². The van der Waals surface area contributed by atoms with Gasteiger partial charge >= 0.3 is 0 Å². The lowest BCUT2D eigenvalue weighted by Crippen LogP contribution is -2.25. The Labute approximate surface area is 192 Å². The van der Waals surface area contributed by atoms with Crippen LogP contribution < -0.4 is 15.9 Å². The van der Waals surface area contributed by atoms with Crippen LogP contribution in [-0.2, 0) is 0 Å². The Morgan fingerprint density at radius 2 is 1.44 bits per heavy atom. The van der Waals surface area contributed by atoms with Crippen LogP contribution in [-0.4, -0.2) is 49.3 Å². The quantitative estimate of drug-likeness (QED) is 0.208. The minimum atomic E-state index is -1.11. The van der Waals surface area contributed by atoms with Gasteiger partial charge in [-0.05, 0) is 36.6 Å². The second-order valence-corrected chi connectivity index (χ2v) is 8.42. The second-order valence-electron chi connectivity index (χ2n) is 6.83. The number of aromatic hydroxyl groups is 2. The summed E-state index contributed by atoms with van der Waals surface area (Å²) in [6.45, 7) is 2.64. The van der Waals surface area contributed by atoms with Gasteiger partial charge < -0.3 is 24.9 Å². The molecule has 11 heteroatoms. The summed E-state index contributed by atoms with van der Waals surface area (Å²) >= 11 is 2.31. The molecule has 0 aliphatic carbocycles. The molecule has 0 fully saturated rings. The molecule has 9 nitrogen and oxygen atoms in total. The van der Waals surface area contributed by atoms with Gasteiger partial charge in [-0.1, -0.05) is 49.0 Å². The van der Waals surface area contributed by atoms with E-state index in [1.54, 1.807) is 36.8 Å². The van der Waals surface area contributed by atoms with Gasteiger partial charge in [-0.2, -0.15) is 9.97 Å². The average molecular weight is 477 g/mol. The molecule has 170 valence electrons. The summed E-state index contributed by atoms with van der Waals surface area (Å²) in [6, 6.07) is 6.77. The Morgan fingerprint density at radius 1 is 0.938 bits per heavy atom.